The third-order valence-corrected chi connectivity index (χ3v) is 5.57. The van der Waals surface area contributed by atoms with Gasteiger partial charge in [-0.25, -0.2) is 9.97 Å². The number of nitrogens with one attached hydrogen (secondary N) is 1. The van der Waals surface area contributed by atoms with Gasteiger partial charge in [-0.1, -0.05) is 49.3 Å². The number of fused-ring (bicyclic) bond motifs is 1. The summed E-state index contributed by atoms with van der Waals surface area (Å²) in [6, 6.07) is 10.3. The highest BCUT2D eigenvalue weighted by Gasteiger charge is 2.15. The fraction of sp³-hybridized carbons (Fsp3) is 0.364. The van der Waals surface area contributed by atoms with E-state index in [0.717, 1.165) is 52.4 Å². The Morgan fingerprint density at radius 2 is 1.97 bits per heavy atom. The standard InChI is InChI=1S/C22H25N5O2S/c1-14(2)20-26-18(29-27-20)10-7-11-23-21-19-16(15-8-5-4-6-9-15)13-30-22(19)25-17(24-21)12-28-3/h4-6,8-9,13-14H,7,10-12H2,1-3H3,(H,23,24,25). The van der Waals surface area contributed by atoms with Crippen LogP contribution in [0.4, 0.5) is 5.82 Å². The maximum Gasteiger partial charge on any atom is 0.226 e. The van der Waals surface area contributed by atoms with Crippen molar-refractivity contribution < 1.29 is 9.26 Å². The molecule has 3 aromatic heterocycles. The van der Waals surface area contributed by atoms with Gasteiger partial charge >= 0.3 is 0 Å². The van der Waals surface area contributed by atoms with Crippen molar-refractivity contribution in [3.63, 3.8) is 0 Å². The third kappa shape index (κ3) is 4.49. The van der Waals surface area contributed by atoms with Gasteiger partial charge in [-0.3, -0.25) is 0 Å². The van der Waals surface area contributed by atoms with Crippen LogP contribution in [0.3, 0.4) is 0 Å². The second kappa shape index (κ2) is 9.32. The number of nitrogens with zero attached hydrogens (tertiary/aromatic N) is 4. The van der Waals surface area contributed by atoms with Crippen molar-refractivity contribution in [3.05, 3.63) is 53.3 Å². The first kappa shape index (κ1) is 20.4. The van der Waals surface area contributed by atoms with Crippen molar-refractivity contribution in [3.8, 4) is 11.1 Å². The van der Waals surface area contributed by atoms with Crippen LogP contribution in [0.5, 0.6) is 0 Å². The number of rotatable bonds is 9. The fourth-order valence-electron chi connectivity index (χ4n) is 3.19. The minimum atomic E-state index is 0.268. The van der Waals surface area contributed by atoms with E-state index in [0.29, 0.717) is 18.3 Å². The molecule has 4 rings (SSSR count). The zero-order valence-corrected chi connectivity index (χ0v) is 18.2. The van der Waals surface area contributed by atoms with Gasteiger partial charge < -0.3 is 14.6 Å². The lowest BCUT2D eigenvalue weighted by Gasteiger charge is -2.10. The summed E-state index contributed by atoms with van der Waals surface area (Å²) in [6.07, 6.45) is 1.58. The van der Waals surface area contributed by atoms with E-state index < -0.39 is 0 Å². The highest BCUT2D eigenvalue weighted by atomic mass is 32.1. The van der Waals surface area contributed by atoms with Crippen LogP contribution in [0.15, 0.2) is 40.2 Å². The predicted octanol–water partition coefficient (Wildman–Crippen LogP) is 5.06. The van der Waals surface area contributed by atoms with Crippen molar-refractivity contribution in [2.24, 2.45) is 0 Å². The molecule has 0 unspecified atom stereocenters. The topological polar surface area (TPSA) is 86.0 Å². The quantitative estimate of drug-likeness (QED) is 0.377. The first-order valence-corrected chi connectivity index (χ1v) is 10.9. The monoisotopic (exact) mass is 423 g/mol. The highest BCUT2D eigenvalue weighted by Crippen LogP contribution is 2.37. The second-order valence-electron chi connectivity index (χ2n) is 7.35. The molecule has 3 heterocycles. The molecule has 0 saturated carbocycles. The number of ether oxygens (including phenoxy) is 1. The van der Waals surface area contributed by atoms with E-state index >= 15 is 0 Å². The lowest BCUT2D eigenvalue weighted by atomic mass is 10.1. The number of benzene rings is 1. The first-order chi connectivity index (χ1) is 14.7. The van der Waals surface area contributed by atoms with Crippen LogP contribution >= 0.6 is 11.3 Å². The van der Waals surface area contributed by atoms with Crippen molar-refractivity contribution in [1.82, 2.24) is 20.1 Å². The van der Waals surface area contributed by atoms with Crippen LogP contribution in [-0.4, -0.2) is 33.8 Å². The molecule has 0 aliphatic rings. The zero-order chi connectivity index (χ0) is 20.9. The third-order valence-electron chi connectivity index (χ3n) is 4.70. The largest absolute Gasteiger partial charge is 0.377 e. The van der Waals surface area contributed by atoms with Crippen molar-refractivity contribution in [2.45, 2.75) is 39.2 Å². The summed E-state index contributed by atoms with van der Waals surface area (Å²) in [5.41, 5.74) is 2.29. The van der Waals surface area contributed by atoms with Crippen LogP contribution in [0.2, 0.25) is 0 Å². The predicted molar refractivity (Wildman–Crippen MR) is 119 cm³/mol. The van der Waals surface area contributed by atoms with Crippen LogP contribution in [-0.2, 0) is 17.8 Å². The average Bonchev–Trinajstić information content (AvgIpc) is 3.39. The molecular formula is C22H25N5O2S. The van der Waals surface area contributed by atoms with Crippen LogP contribution in [0, 0.1) is 0 Å². The number of aromatic nitrogens is 4. The van der Waals surface area contributed by atoms with E-state index in [4.69, 9.17) is 14.2 Å². The lowest BCUT2D eigenvalue weighted by Crippen LogP contribution is -2.08. The number of methoxy groups -OCH3 is 1. The van der Waals surface area contributed by atoms with E-state index in [1.54, 1.807) is 18.4 Å². The van der Waals surface area contributed by atoms with Crippen molar-refractivity contribution >= 4 is 27.4 Å². The van der Waals surface area contributed by atoms with E-state index in [9.17, 15) is 0 Å². The molecule has 0 aliphatic heterocycles. The minimum Gasteiger partial charge on any atom is -0.377 e. The summed E-state index contributed by atoms with van der Waals surface area (Å²) < 4.78 is 10.6. The summed E-state index contributed by atoms with van der Waals surface area (Å²) in [4.78, 5) is 14.8. The first-order valence-electron chi connectivity index (χ1n) is 10.0. The summed E-state index contributed by atoms with van der Waals surface area (Å²) in [5.74, 6) is 3.21. The molecule has 4 aromatic rings. The number of thiophene rings is 1. The molecule has 0 atom stereocenters. The molecule has 0 radical (unpaired) electrons. The average molecular weight is 424 g/mol. The number of anilines is 1. The Morgan fingerprint density at radius 1 is 1.13 bits per heavy atom. The molecule has 0 aliphatic carbocycles. The van der Waals surface area contributed by atoms with E-state index in [2.05, 4.69) is 51.8 Å². The highest BCUT2D eigenvalue weighted by molar-refractivity contribution is 7.17. The molecular weight excluding hydrogens is 398 g/mol. The SMILES string of the molecule is COCc1nc(NCCCc2nc(C(C)C)no2)c2c(-c3ccccc3)csc2n1. The second-order valence-corrected chi connectivity index (χ2v) is 8.21. The number of aryl methyl sites for hydroxylation is 1. The Bertz CT molecular complexity index is 1110. The van der Waals surface area contributed by atoms with Gasteiger partial charge in [0.15, 0.2) is 11.6 Å². The molecule has 8 heteroatoms. The van der Waals surface area contributed by atoms with Crippen molar-refractivity contribution in [1.29, 1.82) is 0 Å². The molecule has 1 aromatic carbocycles. The molecule has 0 amide bonds. The molecule has 0 fully saturated rings. The van der Waals surface area contributed by atoms with Gasteiger partial charge in [0, 0.05) is 36.9 Å². The molecule has 7 nitrogen and oxygen atoms in total. The van der Waals surface area contributed by atoms with Crippen molar-refractivity contribution in [2.75, 3.05) is 19.0 Å². The maximum absolute atomic E-state index is 5.33. The van der Waals surface area contributed by atoms with Gasteiger partial charge in [0.1, 0.15) is 17.3 Å². The Hall–Kier alpha value is -2.84. The van der Waals surface area contributed by atoms with Gasteiger partial charge in [0.25, 0.3) is 0 Å². The lowest BCUT2D eigenvalue weighted by molar-refractivity contribution is 0.178. The Labute approximate surface area is 179 Å². The molecule has 0 saturated heterocycles. The summed E-state index contributed by atoms with van der Waals surface area (Å²) in [7, 11) is 1.65. The van der Waals surface area contributed by atoms with Gasteiger partial charge in [-0.2, -0.15) is 4.98 Å². The summed E-state index contributed by atoms with van der Waals surface area (Å²) >= 11 is 1.62. The Morgan fingerprint density at radius 3 is 2.70 bits per heavy atom. The molecule has 1 N–H and O–H groups in total. The number of hydrogen-bond donors (Lipinski definition) is 1. The maximum atomic E-state index is 5.33. The van der Waals surface area contributed by atoms with Gasteiger partial charge in [0.2, 0.25) is 5.89 Å². The minimum absolute atomic E-state index is 0.268. The Kier molecular flexibility index (Phi) is 6.35. The van der Waals surface area contributed by atoms with E-state index in [-0.39, 0.29) is 5.92 Å². The van der Waals surface area contributed by atoms with E-state index in [1.165, 1.54) is 0 Å². The molecule has 0 spiro atoms. The zero-order valence-electron chi connectivity index (χ0n) is 17.4. The Balaban J connectivity index is 1.54. The smallest absolute Gasteiger partial charge is 0.226 e. The van der Waals surface area contributed by atoms with E-state index in [1.807, 2.05) is 18.2 Å². The summed E-state index contributed by atoms with van der Waals surface area (Å²) in [5, 5.41) is 10.7. The number of hydrogen-bond acceptors (Lipinski definition) is 8. The molecule has 156 valence electrons. The van der Waals surface area contributed by atoms with Crippen LogP contribution in [0.25, 0.3) is 21.3 Å². The fourth-order valence-corrected chi connectivity index (χ4v) is 4.15. The van der Waals surface area contributed by atoms with Crippen LogP contribution < -0.4 is 5.32 Å². The van der Waals surface area contributed by atoms with Gasteiger partial charge in [0.05, 0.1) is 5.39 Å². The normalized spacial score (nSPS) is 11.5. The van der Waals surface area contributed by atoms with Gasteiger partial charge in [-0.05, 0) is 12.0 Å². The molecule has 0 bridgehead atoms. The van der Waals surface area contributed by atoms with Crippen LogP contribution in [0.1, 0.15) is 43.7 Å². The summed E-state index contributed by atoms with van der Waals surface area (Å²) in [6.45, 7) is 5.23. The van der Waals surface area contributed by atoms with Gasteiger partial charge in [-0.15, -0.1) is 11.3 Å². The molecule has 30 heavy (non-hydrogen) atoms.